The summed E-state index contributed by atoms with van der Waals surface area (Å²) in [5.74, 6) is -1.90. The first-order valence-corrected chi connectivity index (χ1v) is 12.9. The Hall–Kier alpha value is -3.54. The highest BCUT2D eigenvalue weighted by atomic mass is 16.8. The molecule has 0 unspecified atom stereocenters. The maximum absolute atomic E-state index is 12.4. The zero-order valence-electron chi connectivity index (χ0n) is 25.0. The zero-order valence-corrected chi connectivity index (χ0v) is 25.0. The van der Waals surface area contributed by atoms with Gasteiger partial charge >= 0.3 is 24.4 Å². The van der Waals surface area contributed by atoms with Crippen molar-refractivity contribution in [3.8, 4) is 11.5 Å². The van der Waals surface area contributed by atoms with Gasteiger partial charge in [0.1, 0.15) is 0 Å². The third-order valence-corrected chi connectivity index (χ3v) is 4.55. The van der Waals surface area contributed by atoms with Crippen molar-refractivity contribution in [1.82, 2.24) is 5.32 Å². The van der Waals surface area contributed by atoms with E-state index in [9.17, 15) is 24.3 Å². The summed E-state index contributed by atoms with van der Waals surface area (Å²) in [6, 6.07) is 3.58. The zero-order chi connectivity index (χ0) is 30.9. The van der Waals surface area contributed by atoms with Crippen LogP contribution in [0, 0.1) is 10.8 Å². The fraction of sp³-hybridized carbons (Fsp3) is 0.643. The first-order chi connectivity index (χ1) is 18.2. The summed E-state index contributed by atoms with van der Waals surface area (Å²) < 4.78 is 31.1. The summed E-state index contributed by atoms with van der Waals surface area (Å²) in [5, 5.41) is 12.8. The standard InChI is InChI=1S/C28H43NO11/c1-17(2)29-28(22(30)31,40-25(34)37-18(3)4)14-19-11-12-20(38-23(32)35-15-26(5,6)7)21(13-19)39-24(33)36-16-27(8,9)10/h11-13,17-18,29H,14-16H2,1-10H3,(H,30,31)/t28-/m0/s1. The second kappa shape index (κ2) is 14.2. The summed E-state index contributed by atoms with van der Waals surface area (Å²) in [4.78, 5) is 49.5. The molecule has 0 spiro atoms. The van der Waals surface area contributed by atoms with Crippen molar-refractivity contribution < 1.29 is 52.7 Å². The maximum atomic E-state index is 12.4. The van der Waals surface area contributed by atoms with Crippen molar-refractivity contribution in [2.24, 2.45) is 10.8 Å². The van der Waals surface area contributed by atoms with E-state index >= 15 is 0 Å². The molecule has 40 heavy (non-hydrogen) atoms. The molecule has 0 saturated heterocycles. The Morgan fingerprint density at radius 1 is 0.800 bits per heavy atom. The number of aliphatic carboxylic acids is 1. The van der Waals surface area contributed by atoms with Crippen molar-refractivity contribution in [2.45, 2.75) is 93.5 Å². The Labute approximate surface area is 235 Å². The number of hydrogen-bond acceptors (Lipinski definition) is 11. The molecule has 0 bridgehead atoms. The van der Waals surface area contributed by atoms with Crippen molar-refractivity contribution in [3.63, 3.8) is 0 Å². The van der Waals surface area contributed by atoms with Crippen LogP contribution in [0.2, 0.25) is 0 Å². The molecular formula is C28H43NO11. The smallest absolute Gasteiger partial charge is 0.477 e. The summed E-state index contributed by atoms with van der Waals surface area (Å²) in [7, 11) is 0. The molecule has 0 aliphatic carbocycles. The number of carboxylic acids is 1. The fourth-order valence-electron chi connectivity index (χ4n) is 3.03. The minimum Gasteiger partial charge on any atom is -0.477 e. The van der Waals surface area contributed by atoms with E-state index in [2.05, 4.69) is 5.32 Å². The van der Waals surface area contributed by atoms with E-state index in [0.717, 1.165) is 0 Å². The summed E-state index contributed by atoms with van der Waals surface area (Å²) >= 11 is 0. The molecule has 0 saturated carbocycles. The number of carbonyl (C=O) groups is 4. The van der Waals surface area contributed by atoms with E-state index in [4.69, 9.17) is 28.4 Å². The lowest BCUT2D eigenvalue weighted by atomic mass is 9.99. The Balaban J connectivity index is 3.40. The largest absolute Gasteiger partial charge is 0.513 e. The molecule has 12 nitrogen and oxygen atoms in total. The number of carboxylic acid groups (broad SMARTS) is 1. The molecule has 0 aromatic heterocycles. The van der Waals surface area contributed by atoms with Crippen LogP contribution < -0.4 is 14.8 Å². The molecule has 0 radical (unpaired) electrons. The quantitative estimate of drug-likeness (QED) is 0.145. The summed E-state index contributed by atoms with van der Waals surface area (Å²) in [6.45, 7) is 17.8. The predicted molar refractivity (Wildman–Crippen MR) is 144 cm³/mol. The normalized spacial score (nSPS) is 13.3. The molecule has 0 aliphatic heterocycles. The summed E-state index contributed by atoms with van der Waals surface area (Å²) in [6.07, 6.45) is -4.24. The van der Waals surface area contributed by atoms with Gasteiger partial charge in [0.15, 0.2) is 11.5 Å². The first kappa shape index (κ1) is 34.5. The Morgan fingerprint density at radius 3 is 1.73 bits per heavy atom. The molecule has 0 amide bonds. The van der Waals surface area contributed by atoms with E-state index in [0.29, 0.717) is 0 Å². The number of benzene rings is 1. The monoisotopic (exact) mass is 569 g/mol. The number of hydrogen-bond donors (Lipinski definition) is 2. The molecule has 0 heterocycles. The Bertz CT molecular complexity index is 1040. The number of rotatable bonds is 11. The van der Waals surface area contributed by atoms with Crippen LogP contribution in [-0.2, 0) is 30.2 Å². The van der Waals surface area contributed by atoms with Gasteiger partial charge in [-0.3, -0.25) is 5.32 Å². The molecule has 0 fully saturated rings. The van der Waals surface area contributed by atoms with Gasteiger partial charge in [-0.2, -0.15) is 0 Å². The molecule has 12 heteroatoms. The third kappa shape index (κ3) is 13.0. The van der Waals surface area contributed by atoms with Crippen LogP contribution in [0.15, 0.2) is 18.2 Å². The molecule has 226 valence electrons. The topological polar surface area (TPSA) is 156 Å². The number of carbonyl (C=O) groups excluding carboxylic acids is 3. The van der Waals surface area contributed by atoms with Crippen molar-refractivity contribution in [3.05, 3.63) is 23.8 Å². The first-order valence-electron chi connectivity index (χ1n) is 12.9. The lowest BCUT2D eigenvalue weighted by molar-refractivity contribution is -0.167. The van der Waals surface area contributed by atoms with Gasteiger partial charge in [0.25, 0.3) is 5.72 Å². The highest BCUT2D eigenvalue weighted by molar-refractivity contribution is 5.80. The molecule has 1 aromatic rings. The van der Waals surface area contributed by atoms with Crippen LogP contribution in [0.1, 0.15) is 74.8 Å². The third-order valence-electron chi connectivity index (χ3n) is 4.55. The van der Waals surface area contributed by atoms with Crippen molar-refractivity contribution in [2.75, 3.05) is 13.2 Å². The van der Waals surface area contributed by atoms with Gasteiger partial charge in [-0.05, 0) is 56.2 Å². The average Bonchev–Trinajstić information content (AvgIpc) is 2.76. The molecular weight excluding hydrogens is 526 g/mol. The fourth-order valence-corrected chi connectivity index (χ4v) is 3.03. The van der Waals surface area contributed by atoms with Crippen LogP contribution in [0.4, 0.5) is 14.4 Å². The van der Waals surface area contributed by atoms with Gasteiger partial charge in [-0.1, -0.05) is 47.6 Å². The molecule has 2 N–H and O–H groups in total. The number of nitrogens with one attached hydrogen (secondary N) is 1. The van der Waals surface area contributed by atoms with E-state index in [-0.39, 0.29) is 41.1 Å². The van der Waals surface area contributed by atoms with Crippen LogP contribution in [-0.4, -0.2) is 60.6 Å². The molecule has 0 aliphatic rings. The lowest BCUT2D eigenvalue weighted by Crippen LogP contribution is -2.59. The van der Waals surface area contributed by atoms with Crippen LogP contribution in [0.5, 0.6) is 11.5 Å². The van der Waals surface area contributed by atoms with Crippen molar-refractivity contribution >= 4 is 24.4 Å². The highest BCUT2D eigenvalue weighted by Gasteiger charge is 2.44. The minimum absolute atomic E-state index is 0.0432. The van der Waals surface area contributed by atoms with Gasteiger partial charge in [0, 0.05) is 12.5 Å². The van der Waals surface area contributed by atoms with Gasteiger partial charge in [0.2, 0.25) is 0 Å². The van der Waals surface area contributed by atoms with Gasteiger partial charge in [0.05, 0.1) is 19.3 Å². The van der Waals surface area contributed by atoms with E-state index in [1.807, 2.05) is 41.5 Å². The SMILES string of the molecule is CC(C)N[C@@](Cc1ccc(OC(=O)OCC(C)(C)C)c(OC(=O)OCC(C)(C)C)c1)(OC(=O)OC(C)C)C(=O)O. The second-order valence-corrected chi connectivity index (χ2v) is 12.3. The Morgan fingerprint density at radius 2 is 1.30 bits per heavy atom. The van der Waals surface area contributed by atoms with E-state index in [1.54, 1.807) is 27.7 Å². The molecule has 1 atom stereocenters. The lowest BCUT2D eigenvalue weighted by Gasteiger charge is -2.32. The van der Waals surface area contributed by atoms with Crippen LogP contribution in [0.25, 0.3) is 0 Å². The molecule has 1 aromatic carbocycles. The van der Waals surface area contributed by atoms with Crippen molar-refractivity contribution in [1.29, 1.82) is 0 Å². The van der Waals surface area contributed by atoms with E-state index in [1.165, 1.54) is 18.2 Å². The van der Waals surface area contributed by atoms with E-state index < -0.39 is 48.7 Å². The van der Waals surface area contributed by atoms with Gasteiger partial charge in [-0.15, -0.1) is 0 Å². The Kier molecular flexibility index (Phi) is 12.2. The van der Waals surface area contributed by atoms with Gasteiger partial charge < -0.3 is 33.5 Å². The molecule has 1 rings (SSSR count). The van der Waals surface area contributed by atoms with Crippen LogP contribution in [0.3, 0.4) is 0 Å². The maximum Gasteiger partial charge on any atom is 0.513 e. The second-order valence-electron chi connectivity index (χ2n) is 12.3. The van der Waals surface area contributed by atoms with Gasteiger partial charge in [-0.25, -0.2) is 19.2 Å². The highest BCUT2D eigenvalue weighted by Crippen LogP contribution is 2.32. The predicted octanol–water partition coefficient (Wildman–Crippen LogP) is 5.69. The minimum atomic E-state index is -2.24. The number of ether oxygens (including phenoxy) is 6. The van der Waals surface area contributed by atoms with Crippen LogP contribution >= 0.6 is 0 Å². The average molecular weight is 570 g/mol. The summed E-state index contributed by atoms with van der Waals surface area (Å²) in [5.41, 5.74) is -2.65.